The molecule has 0 radical (unpaired) electrons. The van der Waals surface area contributed by atoms with Gasteiger partial charge in [-0.1, -0.05) is 11.6 Å². The van der Waals surface area contributed by atoms with Crippen LogP contribution in [0.4, 0.5) is 16.3 Å². The van der Waals surface area contributed by atoms with Gasteiger partial charge in [-0.2, -0.15) is 0 Å². The summed E-state index contributed by atoms with van der Waals surface area (Å²) in [6, 6.07) is 9.34. The van der Waals surface area contributed by atoms with Crippen molar-refractivity contribution in [2.24, 2.45) is 5.41 Å². The molecule has 4 heterocycles. The first-order valence-electron chi connectivity index (χ1n) is 9.31. The van der Waals surface area contributed by atoms with Crippen LogP contribution in [0.5, 0.6) is 11.5 Å². The lowest BCUT2D eigenvalue weighted by atomic mass is 9.73. The SMILES string of the molecule is COc1ccc(N2CC3(CN(C(=O)N4CCOc5cc(Cl)ccc54)C3)C2)nc1. The number of methoxy groups -OCH3 is 1. The van der Waals surface area contributed by atoms with Gasteiger partial charge in [0.05, 0.1) is 25.5 Å². The summed E-state index contributed by atoms with van der Waals surface area (Å²) in [5.41, 5.74) is 0.978. The maximum absolute atomic E-state index is 13.0. The first-order valence-corrected chi connectivity index (χ1v) is 9.69. The van der Waals surface area contributed by atoms with Crippen molar-refractivity contribution >= 4 is 29.1 Å². The topological polar surface area (TPSA) is 58.1 Å². The zero-order chi connectivity index (χ0) is 19.3. The van der Waals surface area contributed by atoms with Crippen LogP contribution in [-0.2, 0) is 0 Å². The van der Waals surface area contributed by atoms with Gasteiger partial charge in [0.2, 0.25) is 0 Å². The van der Waals surface area contributed by atoms with E-state index in [2.05, 4.69) is 9.88 Å². The lowest BCUT2D eigenvalue weighted by Gasteiger charge is -2.60. The molecule has 2 aromatic rings. The third kappa shape index (κ3) is 2.81. The van der Waals surface area contributed by atoms with Crippen LogP contribution in [0.3, 0.4) is 0 Å². The Morgan fingerprint density at radius 1 is 1.21 bits per heavy atom. The number of nitrogens with zero attached hydrogens (tertiary/aromatic N) is 4. The van der Waals surface area contributed by atoms with Gasteiger partial charge in [0.1, 0.15) is 23.9 Å². The highest BCUT2D eigenvalue weighted by atomic mass is 35.5. The van der Waals surface area contributed by atoms with Crippen LogP contribution in [0.15, 0.2) is 36.5 Å². The summed E-state index contributed by atoms with van der Waals surface area (Å²) in [6.07, 6.45) is 1.74. The van der Waals surface area contributed by atoms with Gasteiger partial charge in [0.25, 0.3) is 0 Å². The lowest BCUT2D eigenvalue weighted by Crippen LogP contribution is -2.74. The van der Waals surface area contributed by atoms with E-state index in [0.29, 0.717) is 23.9 Å². The molecule has 0 bridgehead atoms. The van der Waals surface area contributed by atoms with Crippen molar-refractivity contribution in [3.8, 4) is 11.5 Å². The molecule has 1 aromatic carbocycles. The standard InChI is InChI=1S/C20H21ClN4O3/c1-27-15-3-5-18(22-9-15)23-10-20(11-23)12-24(13-20)19(26)25-6-7-28-17-8-14(21)2-4-16(17)25/h2-5,8-9H,6-7,10-13H2,1H3. The average Bonchev–Trinajstić information content (AvgIpc) is 2.65. The van der Waals surface area contributed by atoms with E-state index >= 15 is 0 Å². The fraction of sp³-hybridized carbons (Fsp3) is 0.400. The van der Waals surface area contributed by atoms with Crippen LogP contribution < -0.4 is 19.3 Å². The number of ether oxygens (including phenoxy) is 2. The van der Waals surface area contributed by atoms with Crippen LogP contribution >= 0.6 is 11.6 Å². The van der Waals surface area contributed by atoms with Gasteiger partial charge in [-0.05, 0) is 24.3 Å². The van der Waals surface area contributed by atoms with Crippen molar-refractivity contribution in [2.75, 3.05) is 56.2 Å². The number of fused-ring (bicyclic) bond motifs is 1. The van der Waals surface area contributed by atoms with Gasteiger partial charge in [0.15, 0.2) is 0 Å². The number of rotatable bonds is 2. The third-order valence-electron chi connectivity index (χ3n) is 5.67. The quantitative estimate of drug-likeness (QED) is 0.775. The molecule has 2 fully saturated rings. The van der Waals surface area contributed by atoms with Crippen molar-refractivity contribution in [1.82, 2.24) is 9.88 Å². The van der Waals surface area contributed by atoms with Gasteiger partial charge in [-0.3, -0.25) is 4.90 Å². The summed E-state index contributed by atoms with van der Waals surface area (Å²) < 4.78 is 10.8. The number of halogens is 1. The van der Waals surface area contributed by atoms with E-state index in [1.807, 2.05) is 23.1 Å². The summed E-state index contributed by atoms with van der Waals surface area (Å²) >= 11 is 6.04. The molecule has 2 saturated heterocycles. The Morgan fingerprint density at radius 3 is 2.75 bits per heavy atom. The summed E-state index contributed by atoms with van der Waals surface area (Å²) in [4.78, 5) is 23.4. The number of benzene rings is 1. The predicted octanol–water partition coefficient (Wildman–Crippen LogP) is 2.88. The molecule has 1 aromatic heterocycles. The maximum atomic E-state index is 13.0. The molecule has 0 N–H and O–H groups in total. The molecular weight excluding hydrogens is 380 g/mol. The van der Waals surface area contributed by atoms with Crippen molar-refractivity contribution in [1.29, 1.82) is 0 Å². The molecule has 0 aliphatic carbocycles. The minimum atomic E-state index is 0.0403. The Morgan fingerprint density at radius 2 is 2.04 bits per heavy atom. The summed E-state index contributed by atoms with van der Waals surface area (Å²) in [7, 11) is 1.64. The molecule has 7 nitrogen and oxygen atoms in total. The number of aromatic nitrogens is 1. The highest BCUT2D eigenvalue weighted by Gasteiger charge is 2.54. The minimum absolute atomic E-state index is 0.0403. The first-order chi connectivity index (χ1) is 13.6. The van der Waals surface area contributed by atoms with Crippen molar-refractivity contribution in [2.45, 2.75) is 0 Å². The van der Waals surface area contributed by atoms with Gasteiger partial charge in [0, 0.05) is 42.7 Å². The van der Waals surface area contributed by atoms with Gasteiger partial charge >= 0.3 is 6.03 Å². The van der Waals surface area contributed by atoms with Gasteiger partial charge in [-0.25, -0.2) is 9.78 Å². The van der Waals surface area contributed by atoms with Crippen molar-refractivity contribution in [3.05, 3.63) is 41.6 Å². The van der Waals surface area contributed by atoms with E-state index in [-0.39, 0.29) is 11.4 Å². The fourth-order valence-electron chi connectivity index (χ4n) is 4.27. The molecule has 28 heavy (non-hydrogen) atoms. The van der Waals surface area contributed by atoms with Gasteiger partial charge < -0.3 is 19.3 Å². The molecule has 0 atom stereocenters. The third-order valence-corrected chi connectivity index (χ3v) is 5.91. The Labute approximate surface area is 168 Å². The highest BCUT2D eigenvalue weighted by Crippen LogP contribution is 2.43. The minimum Gasteiger partial charge on any atom is -0.495 e. The largest absolute Gasteiger partial charge is 0.495 e. The molecule has 3 aliphatic rings. The Bertz CT molecular complexity index is 906. The van der Waals surface area contributed by atoms with Crippen molar-refractivity contribution in [3.63, 3.8) is 0 Å². The molecule has 0 unspecified atom stereocenters. The average molecular weight is 401 g/mol. The van der Waals surface area contributed by atoms with Crippen molar-refractivity contribution < 1.29 is 14.3 Å². The zero-order valence-corrected chi connectivity index (χ0v) is 16.4. The number of hydrogen-bond donors (Lipinski definition) is 0. The molecule has 146 valence electrons. The second kappa shape index (κ2) is 6.44. The lowest BCUT2D eigenvalue weighted by molar-refractivity contribution is 0.00928. The van der Waals surface area contributed by atoms with E-state index in [1.54, 1.807) is 30.3 Å². The Kier molecular flexibility index (Phi) is 4.01. The summed E-state index contributed by atoms with van der Waals surface area (Å²) in [6.45, 7) is 4.43. The predicted molar refractivity (Wildman–Crippen MR) is 107 cm³/mol. The maximum Gasteiger partial charge on any atom is 0.324 e. The number of carbonyl (C=O) groups is 1. The fourth-order valence-corrected chi connectivity index (χ4v) is 4.43. The van der Waals surface area contributed by atoms with Gasteiger partial charge in [-0.15, -0.1) is 0 Å². The normalized spacial score (nSPS) is 19.4. The molecular formula is C20H21ClN4O3. The number of anilines is 2. The first kappa shape index (κ1) is 17.4. The molecule has 8 heteroatoms. The summed E-state index contributed by atoms with van der Waals surface area (Å²) in [5.74, 6) is 2.38. The molecule has 0 saturated carbocycles. The van der Waals surface area contributed by atoms with E-state index in [1.165, 1.54) is 0 Å². The van der Waals surface area contributed by atoms with Crippen LogP contribution in [0.25, 0.3) is 0 Å². The van der Waals surface area contributed by atoms with Crippen LogP contribution in [0, 0.1) is 5.41 Å². The number of amides is 2. The monoisotopic (exact) mass is 400 g/mol. The number of likely N-dealkylation sites (tertiary alicyclic amines) is 1. The van der Waals surface area contributed by atoms with E-state index in [0.717, 1.165) is 43.4 Å². The van der Waals surface area contributed by atoms with E-state index in [4.69, 9.17) is 21.1 Å². The molecule has 5 rings (SSSR count). The smallest absolute Gasteiger partial charge is 0.324 e. The van der Waals surface area contributed by atoms with E-state index < -0.39 is 0 Å². The number of hydrogen-bond acceptors (Lipinski definition) is 5. The number of urea groups is 1. The van der Waals surface area contributed by atoms with E-state index in [9.17, 15) is 4.79 Å². The summed E-state index contributed by atoms with van der Waals surface area (Å²) in [5, 5.41) is 0.609. The Hall–Kier alpha value is -2.67. The second-order valence-corrected chi connectivity index (χ2v) is 8.10. The number of pyridine rings is 1. The number of carbonyl (C=O) groups excluding carboxylic acids is 1. The molecule has 1 spiro atoms. The second-order valence-electron chi connectivity index (χ2n) is 7.66. The Balaban J connectivity index is 1.21. The molecule has 3 aliphatic heterocycles. The highest BCUT2D eigenvalue weighted by molar-refractivity contribution is 6.30. The molecule has 2 amide bonds. The zero-order valence-electron chi connectivity index (χ0n) is 15.6. The van der Waals surface area contributed by atoms with Crippen LogP contribution in [0.1, 0.15) is 0 Å². The van der Waals surface area contributed by atoms with Crippen LogP contribution in [0.2, 0.25) is 5.02 Å². The van der Waals surface area contributed by atoms with Crippen LogP contribution in [-0.4, -0.2) is 62.4 Å².